The lowest BCUT2D eigenvalue weighted by molar-refractivity contribution is 0.0338. The molecule has 5 rings (SSSR count). The molecule has 29 heavy (non-hydrogen) atoms. The molecule has 8 heteroatoms. The summed E-state index contributed by atoms with van der Waals surface area (Å²) < 4.78 is 13.6. The molecule has 3 aromatic heterocycles. The minimum absolute atomic E-state index is 0.326. The van der Waals surface area contributed by atoms with E-state index in [0.29, 0.717) is 17.4 Å². The molecular formula is C21H20ClN5O2. The Bertz CT molecular complexity index is 1120. The standard InChI is InChI=1S/C21H20ClN5O2/c22-18-11-15(12-26-7-9-28-10-8-26)20(19-17(18)3-1-4-23-19)29-14-16-13-27-6-2-5-24-21(27)25-16/h1-6,11,13H,7-10,12,14H2. The van der Waals surface area contributed by atoms with Crippen LogP contribution in [0.15, 0.2) is 49.1 Å². The van der Waals surface area contributed by atoms with Gasteiger partial charge in [-0.2, -0.15) is 0 Å². The Balaban J connectivity index is 1.49. The third-order valence-electron chi connectivity index (χ3n) is 5.02. The highest BCUT2D eigenvalue weighted by Gasteiger charge is 2.18. The first-order valence-corrected chi connectivity index (χ1v) is 9.93. The Morgan fingerprint density at radius 2 is 2.00 bits per heavy atom. The summed E-state index contributed by atoms with van der Waals surface area (Å²) in [6.45, 7) is 4.31. The molecule has 7 nitrogen and oxygen atoms in total. The number of nitrogens with zero attached hydrogens (tertiary/aromatic N) is 5. The van der Waals surface area contributed by atoms with Gasteiger partial charge in [-0.3, -0.25) is 14.3 Å². The Hall–Kier alpha value is -2.74. The molecule has 0 saturated carbocycles. The van der Waals surface area contributed by atoms with Gasteiger partial charge in [0.05, 0.1) is 23.9 Å². The zero-order valence-electron chi connectivity index (χ0n) is 15.8. The van der Waals surface area contributed by atoms with Crippen molar-refractivity contribution in [2.75, 3.05) is 26.3 Å². The minimum Gasteiger partial charge on any atom is -0.485 e. The molecule has 0 radical (unpaired) electrons. The van der Waals surface area contributed by atoms with Gasteiger partial charge in [0.25, 0.3) is 0 Å². The number of aromatic nitrogens is 4. The molecule has 1 aromatic carbocycles. The molecule has 4 aromatic rings. The summed E-state index contributed by atoms with van der Waals surface area (Å²) >= 11 is 6.56. The fraction of sp³-hybridized carbons (Fsp3) is 0.286. The van der Waals surface area contributed by atoms with Crippen molar-refractivity contribution in [2.24, 2.45) is 0 Å². The van der Waals surface area contributed by atoms with Crippen molar-refractivity contribution in [3.63, 3.8) is 0 Å². The zero-order chi connectivity index (χ0) is 19.6. The number of ether oxygens (including phenoxy) is 2. The number of benzene rings is 1. The highest BCUT2D eigenvalue weighted by atomic mass is 35.5. The van der Waals surface area contributed by atoms with Crippen LogP contribution in [0.5, 0.6) is 5.75 Å². The van der Waals surface area contributed by atoms with Gasteiger partial charge in [-0.1, -0.05) is 11.6 Å². The van der Waals surface area contributed by atoms with Crippen LogP contribution in [0.2, 0.25) is 5.02 Å². The lowest BCUT2D eigenvalue weighted by Crippen LogP contribution is -2.35. The van der Waals surface area contributed by atoms with E-state index in [-0.39, 0.29) is 0 Å². The fourth-order valence-corrected chi connectivity index (χ4v) is 3.89. The molecule has 0 atom stereocenters. The van der Waals surface area contributed by atoms with Crippen molar-refractivity contribution in [1.82, 2.24) is 24.3 Å². The third kappa shape index (κ3) is 3.76. The topological polar surface area (TPSA) is 64.8 Å². The van der Waals surface area contributed by atoms with Crippen LogP contribution in [0, 0.1) is 0 Å². The summed E-state index contributed by atoms with van der Waals surface area (Å²) in [4.78, 5) is 15.7. The van der Waals surface area contributed by atoms with Crippen LogP contribution in [-0.2, 0) is 17.9 Å². The van der Waals surface area contributed by atoms with Crippen LogP contribution >= 0.6 is 11.6 Å². The summed E-state index contributed by atoms with van der Waals surface area (Å²) in [6.07, 6.45) is 7.33. The molecule has 0 N–H and O–H groups in total. The van der Waals surface area contributed by atoms with Gasteiger partial charge in [-0.15, -0.1) is 0 Å². The largest absolute Gasteiger partial charge is 0.485 e. The molecule has 1 saturated heterocycles. The van der Waals surface area contributed by atoms with Crippen molar-refractivity contribution < 1.29 is 9.47 Å². The normalized spacial score (nSPS) is 15.2. The van der Waals surface area contributed by atoms with Gasteiger partial charge in [0, 0.05) is 55.4 Å². The van der Waals surface area contributed by atoms with Crippen LogP contribution in [0.4, 0.5) is 0 Å². The van der Waals surface area contributed by atoms with Crippen molar-refractivity contribution >= 4 is 28.3 Å². The maximum absolute atomic E-state index is 6.56. The van der Waals surface area contributed by atoms with Crippen LogP contribution < -0.4 is 4.74 Å². The molecule has 1 aliphatic heterocycles. The van der Waals surface area contributed by atoms with Gasteiger partial charge in [0.1, 0.15) is 12.1 Å². The van der Waals surface area contributed by atoms with Gasteiger partial charge in [-0.25, -0.2) is 9.97 Å². The number of hydrogen-bond acceptors (Lipinski definition) is 6. The maximum Gasteiger partial charge on any atom is 0.234 e. The monoisotopic (exact) mass is 409 g/mol. The quantitative estimate of drug-likeness (QED) is 0.503. The molecule has 0 bridgehead atoms. The number of pyridine rings is 1. The number of rotatable bonds is 5. The van der Waals surface area contributed by atoms with Gasteiger partial charge in [0.15, 0.2) is 5.75 Å². The summed E-state index contributed by atoms with van der Waals surface area (Å²) in [5.41, 5.74) is 2.59. The minimum atomic E-state index is 0.326. The molecule has 0 unspecified atom stereocenters. The van der Waals surface area contributed by atoms with Gasteiger partial charge in [0.2, 0.25) is 5.78 Å². The van der Waals surface area contributed by atoms with E-state index in [1.165, 1.54) is 0 Å². The Labute approximate surface area is 172 Å². The number of fused-ring (bicyclic) bond motifs is 2. The highest BCUT2D eigenvalue weighted by molar-refractivity contribution is 6.35. The molecule has 0 amide bonds. The molecule has 1 aliphatic rings. The lowest BCUT2D eigenvalue weighted by Gasteiger charge is -2.27. The van der Waals surface area contributed by atoms with Crippen molar-refractivity contribution in [3.8, 4) is 5.75 Å². The Morgan fingerprint density at radius 1 is 1.14 bits per heavy atom. The molecule has 1 fully saturated rings. The SMILES string of the molecule is Clc1cc(CN2CCOCC2)c(OCc2cn3cccnc3n2)c2ncccc12. The maximum atomic E-state index is 6.56. The number of morpholine rings is 1. The average molecular weight is 410 g/mol. The summed E-state index contributed by atoms with van der Waals surface area (Å²) in [7, 11) is 0. The van der Waals surface area contributed by atoms with E-state index < -0.39 is 0 Å². The molecule has 148 valence electrons. The van der Waals surface area contributed by atoms with E-state index in [1.807, 2.05) is 41.1 Å². The summed E-state index contributed by atoms with van der Waals surface area (Å²) in [5.74, 6) is 1.40. The molecule has 4 heterocycles. The van der Waals surface area contributed by atoms with E-state index in [0.717, 1.165) is 60.8 Å². The number of halogens is 1. The van der Waals surface area contributed by atoms with E-state index in [2.05, 4.69) is 19.9 Å². The predicted molar refractivity (Wildman–Crippen MR) is 110 cm³/mol. The molecule has 0 aliphatic carbocycles. The van der Waals surface area contributed by atoms with E-state index in [4.69, 9.17) is 21.1 Å². The predicted octanol–water partition coefficient (Wildman–Crippen LogP) is 3.34. The molecule has 0 spiro atoms. The highest BCUT2D eigenvalue weighted by Crippen LogP contribution is 2.35. The fourth-order valence-electron chi connectivity index (χ4n) is 3.60. The average Bonchev–Trinajstić information content (AvgIpc) is 3.17. The summed E-state index contributed by atoms with van der Waals surface area (Å²) in [6, 6.07) is 7.70. The smallest absolute Gasteiger partial charge is 0.234 e. The first-order valence-electron chi connectivity index (χ1n) is 9.55. The van der Waals surface area contributed by atoms with E-state index in [1.54, 1.807) is 12.4 Å². The second-order valence-electron chi connectivity index (χ2n) is 6.98. The summed E-state index contributed by atoms with van der Waals surface area (Å²) in [5, 5.41) is 1.56. The Kier molecular flexibility index (Phi) is 5.01. The van der Waals surface area contributed by atoms with Crippen LogP contribution in [0.3, 0.4) is 0 Å². The van der Waals surface area contributed by atoms with Crippen molar-refractivity contribution in [3.05, 3.63) is 65.3 Å². The number of hydrogen-bond donors (Lipinski definition) is 0. The van der Waals surface area contributed by atoms with Gasteiger partial charge in [-0.05, 0) is 24.3 Å². The van der Waals surface area contributed by atoms with Crippen LogP contribution in [-0.4, -0.2) is 50.6 Å². The van der Waals surface area contributed by atoms with Crippen molar-refractivity contribution in [1.29, 1.82) is 0 Å². The van der Waals surface area contributed by atoms with E-state index >= 15 is 0 Å². The van der Waals surface area contributed by atoms with Crippen LogP contribution in [0.25, 0.3) is 16.7 Å². The van der Waals surface area contributed by atoms with Crippen molar-refractivity contribution in [2.45, 2.75) is 13.2 Å². The van der Waals surface area contributed by atoms with Gasteiger partial charge < -0.3 is 9.47 Å². The second-order valence-corrected chi connectivity index (χ2v) is 7.39. The van der Waals surface area contributed by atoms with E-state index in [9.17, 15) is 0 Å². The molecular weight excluding hydrogens is 390 g/mol. The first-order chi connectivity index (χ1) is 14.3. The number of imidazole rings is 1. The Morgan fingerprint density at radius 3 is 2.86 bits per heavy atom. The van der Waals surface area contributed by atoms with Crippen LogP contribution in [0.1, 0.15) is 11.3 Å². The first kappa shape index (κ1) is 18.3. The van der Waals surface area contributed by atoms with Gasteiger partial charge >= 0.3 is 0 Å². The second kappa shape index (κ2) is 7.94. The zero-order valence-corrected chi connectivity index (χ0v) is 16.5. The third-order valence-corrected chi connectivity index (χ3v) is 5.33. The lowest BCUT2D eigenvalue weighted by atomic mass is 10.1.